The normalized spacial score (nSPS) is 11.8. The van der Waals surface area contributed by atoms with Crippen LogP contribution in [0.5, 0.6) is 0 Å². The van der Waals surface area contributed by atoms with Gasteiger partial charge in [0.2, 0.25) is 0 Å². The third-order valence-corrected chi connectivity index (χ3v) is 3.33. The molecule has 0 aliphatic rings. The van der Waals surface area contributed by atoms with Gasteiger partial charge in [-0.1, -0.05) is 36.4 Å². The molecule has 2 rings (SSSR count). The predicted molar refractivity (Wildman–Crippen MR) is 83.9 cm³/mol. The fourth-order valence-corrected chi connectivity index (χ4v) is 2.11. The zero-order valence-corrected chi connectivity index (χ0v) is 12.3. The summed E-state index contributed by atoms with van der Waals surface area (Å²) in [6, 6.07) is 13.6. The van der Waals surface area contributed by atoms with Gasteiger partial charge in [-0.3, -0.25) is 0 Å². The van der Waals surface area contributed by atoms with Crippen molar-refractivity contribution in [1.82, 2.24) is 10.6 Å². The van der Waals surface area contributed by atoms with E-state index >= 15 is 0 Å². The molecule has 1 atom stereocenters. The summed E-state index contributed by atoms with van der Waals surface area (Å²) in [6.45, 7) is 2.02. The van der Waals surface area contributed by atoms with Crippen LogP contribution in [0.3, 0.4) is 0 Å². The average molecular weight is 302 g/mol. The van der Waals surface area contributed by atoms with Gasteiger partial charge in [-0.15, -0.1) is 0 Å². The Morgan fingerprint density at radius 2 is 1.64 bits per heavy atom. The van der Waals surface area contributed by atoms with Crippen LogP contribution in [-0.2, 0) is 0 Å². The van der Waals surface area contributed by atoms with E-state index in [4.69, 9.17) is 5.11 Å². The first kappa shape index (κ1) is 16.0. The van der Waals surface area contributed by atoms with Gasteiger partial charge in [0.1, 0.15) is 5.82 Å². The number of halogens is 1. The van der Waals surface area contributed by atoms with E-state index in [1.54, 1.807) is 12.1 Å². The fourth-order valence-electron chi connectivity index (χ4n) is 2.11. The molecule has 0 aliphatic carbocycles. The monoisotopic (exact) mass is 302 g/mol. The molecule has 0 fully saturated rings. The number of benzene rings is 2. The van der Waals surface area contributed by atoms with Crippen molar-refractivity contribution >= 4 is 6.03 Å². The van der Waals surface area contributed by atoms with E-state index in [0.717, 1.165) is 16.7 Å². The van der Waals surface area contributed by atoms with E-state index in [0.29, 0.717) is 0 Å². The van der Waals surface area contributed by atoms with Crippen LogP contribution in [0.2, 0.25) is 0 Å². The fraction of sp³-hybridized carbons (Fsp3) is 0.235. The molecule has 0 bridgehead atoms. The molecule has 116 valence electrons. The highest BCUT2D eigenvalue weighted by molar-refractivity contribution is 5.74. The van der Waals surface area contributed by atoms with E-state index < -0.39 is 0 Å². The third-order valence-electron chi connectivity index (χ3n) is 3.33. The van der Waals surface area contributed by atoms with Gasteiger partial charge in [0.15, 0.2) is 0 Å². The molecule has 0 spiro atoms. The number of rotatable bonds is 5. The van der Waals surface area contributed by atoms with Crippen molar-refractivity contribution in [2.75, 3.05) is 13.2 Å². The van der Waals surface area contributed by atoms with Gasteiger partial charge < -0.3 is 15.7 Å². The molecule has 4 nitrogen and oxygen atoms in total. The van der Waals surface area contributed by atoms with Crippen molar-refractivity contribution in [1.29, 1.82) is 0 Å². The predicted octanol–water partition coefficient (Wildman–Crippen LogP) is 2.85. The maximum absolute atomic E-state index is 12.9. The van der Waals surface area contributed by atoms with Crippen LogP contribution in [-0.4, -0.2) is 24.3 Å². The van der Waals surface area contributed by atoms with Crippen LogP contribution in [0.4, 0.5) is 9.18 Å². The summed E-state index contributed by atoms with van der Waals surface area (Å²) < 4.78 is 12.9. The molecule has 2 amide bonds. The van der Waals surface area contributed by atoms with Gasteiger partial charge >= 0.3 is 6.03 Å². The molecule has 0 aromatic heterocycles. The molecule has 1 unspecified atom stereocenters. The standard InChI is InChI=1S/C17H19FN2O2/c1-12(20-17(22)19-10-11-21)13-2-4-14(5-3-13)15-6-8-16(18)9-7-15/h2-9,12,21H,10-11H2,1H3,(H2,19,20,22). The SMILES string of the molecule is CC(NC(=O)NCCO)c1ccc(-c2ccc(F)cc2)cc1. The van der Waals surface area contributed by atoms with E-state index in [1.807, 2.05) is 31.2 Å². The minimum Gasteiger partial charge on any atom is -0.395 e. The van der Waals surface area contributed by atoms with Crippen LogP contribution in [0.1, 0.15) is 18.5 Å². The molecule has 5 heteroatoms. The second kappa shape index (κ2) is 7.56. The second-order valence-electron chi connectivity index (χ2n) is 4.97. The summed E-state index contributed by atoms with van der Waals surface area (Å²) in [5.74, 6) is -0.257. The van der Waals surface area contributed by atoms with Crippen LogP contribution < -0.4 is 10.6 Å². The number of nitrogens with one attached hydrogen (secondary N) is 2. The maximum Gasteiger partial charge on any atom is 0.315 e. The summed E-state index contributed by atoms with van der Waals surface area (Å²) in [5, 5.41) is 14.0. The molecule has 0 aliphatic heterocycles. The van der Waals surface area contributed by atoms with Crippen molar-refractivity contribution in [2.24, 2.45) is 0 Å². The quantitative estimate of drug-likeness (QED) is 0.795. The lowest BCUT2D eigenvalue weighted by atomic mass is 10.0. The minimum absolute atomic E-state index is 0.0891. The number of hydrogen-bond acceptors (Lipinski definition) is 2. The largest absolute Gasteiger partial charge is 0.395 e. The summed E-state index contributed by atoms with van der Waals surface area (Å²) in [4.78, 5) is 11.5. The van der Waals surface area contributed by atoms with Crippen LogP contribution in [0.15, 0.2) is 48.5 Å². The highest BCUT2D eigenvalue weighted by Crippen LogP contribution is 2.22. The third kappa shape index (κ3) is 4.30. The zero-order valence-electron chi connectivity index (χ0n) is 12.3. The van der Waals surface area contributed by atoms with Gasteiger partial charge in [0.25, 0.3) is 0 Å². The van der Waals surface area contributed by atoms with Crippen molar-refractivity contribution in [3.05, 3.63) is 59.9 Å². The van der Waals surface area contributed by atoms with E-state index in [-0.39, 0.29) is 31.0 Å². The number of urea groups is 1. The lowest BCUT2D eigenvalue weighted by Crippen LogP contribution is -2.38. The van der Waals surface area contributed by atoms with E-state index in [2.05, 4.69) is 10.6 Å². The van der Waals surface area contributed by atoms with E-state index in [1.165, 1.54) is 12.1 Å². The van der Waals surface area contributed by atoms with Crippen LogP contribution in [0, 0.1) is 5.82 Å². The lowest BCUT2D eigenvalue weighted by molar-refractivity contribution is 0.231. The van der Waals surface area contributed by atoms with Crippen molar-refractivity contribution in [2.45, 2.75) is 13.0 Å². The Morgan fingerprint density at radius 3 is 2.18 bits per heavy atom. The summed E-state index contributed by atoms with van der Waals surface area (Å²) in [7, 11) is 0. The number of hydrogen-bond donors (Lipinski definition) is 3. The second-order valence-corrected chi connectivity index (χ2v) is 4.97. The first-order chi connectivity index (χ1) is 10.6. The summed E-state index contributed by atoms with van der Waals surface area (Å²) in [6.07, 6.45) is 0. The van der Waals surface area contributed by atoms with Gasteiger partial charge in [-0.25, -0.2) is 9.18 Å². The highest BCUT2D eigenvalue weighted by atomic mass is 19.1. The number of aliphatic hydroxyl groups is 1. The number of aliphatic hydroxyl groups excluding tert-OH is 1. The number of carbonyl (C=O) groups is 1. The molecule has 0 heterocycles. The molecular formula is C17H19FN2O2. The lowest BCUT2D eigenvalue weighted by Gasteiger charge is -2.15. The molecule has 0 saturated heterocycles. The summed E-state index contributed by atoms with van der Waals surface area (Å²) in [5.41, 5.74) is 2.89. The smallest absolute Gasteiger partial charge is 0.315 e. The topological polar surface area (TPSA) is 61.4 Å². The number of amides is 2. The molecule has 2 aromatic rings. The Labute approximate surface area is 129 Å². The zero-order chi connectivity index (χ0) is 15.9. The highest BCUT2D eigenvalue weighted by Gasteiger charge is 2.09. The number of carbonyl (C=O) groups excluding carboxylic acids is 1. The Morgan fingerprint density at radius 1 is 1.09 bits per heavy atom. The van der Waals surface area contributed by atoms with Gasteiger partial charge in [0.05, 0.1) is 12.6 Å². The Kier molecular flexibility index (Phi) is 5.49. The van der Waals surface area contributed by atoms with E-state index in [9.17, 15) is 9.18 Å². The summed E-state index contributed by atoms with van der Waals surface area (Å²) >= 11 is 0. The van der Waals surface area contributed by atoms with Crippen LogP contribution in [0.25, 0.3) is 11.1 Å². The van der Waals surface area contributed by atoms with Gasteiger partial charge in [0, 0.05) is 6.54 Å². The minimum atomic E-state index is -0.316. The maximum atomic E-state index is 12.9. The Bertz CT molecular complexity index is 612. The van der Waals surface area contributed by atoms with Crippen molar-refractivity contribution in [3.63, 3.8) is 0 Å². The molecule has 0 saturated carbocycles. The average Bonchev–Trinajstić information content (AvgIpc) is 2.54. The van der Waals surface area contributed by atoms with Crippen LogP contribution >= 0.6 is 0 Å². The molecular weight excluding hydrogens is 283 g/mol. The van der Waals surface area contributed by atoms with Gasteiger partial charge in [-0.2, -0.15) is 0 Å². The first-order valence-electron chi connectivity index (χ1n) is 7.11. The van der Waals surface area contributed by atoms with Crippen molar-refractivity contribution < 1.29 is 14.3 Å². The van der Waals surface area contributed by atoms with Crippen molar-refractivity contribution in [3.8, 4) is 11.1 Å². The van der Waals surface area contributed by atoms with Gasteiger partial charge in [-0.05, 0) is 35.7 Å². The Balaban J connectivity index is 2.02. The Hall–Kier alpha value is -2.40. The molecule has 3 N–H and O–H groups in total. The molecule has 22 heavy (non-hydrogen) atoms. The molecule has 0 radical (unpaired) electrons. The first-order valence-corrected chi connectivity index (χ1v) is 7.11. The molecule has 2 aromatic carbocycles.